The summed E-state index contributed by atoms with van der Waals surface area (Å²) in [6.45, 7) is 0. The number of aromatic nitrogens is 3. The monoisotopic (exact) mass is 754 g/mol. The van der Waals surface area contributed by atoms with Gasteiger partial charge in [-0.15, -0.1) is 0 Å². The lowest BCUT2D eigenvalue weighted by atomic mass is 9.99. The Labute approximate surface area is 330 Å². The molecule has 4 heterocycles. The number of hydrogen-bond acceptors (Lipinski definition) is 4. The minimum absolute atomic E-state index is 0.557. The van der Waals surface area contributed by atoms with Crippen molar-refractivity contribution in [2.45, 2.75) is 6.17 Å². The lowest BCUT2D eigenvalue weighted by molar-refractivity contribution is 0.402. The van der Waals surface area contributed by atoms with Crippen molar-refractivity contribution in [2.75, 3.05) is 4.90 Å². The zero-order valence-electron chi connectivity index (χ0n) is 31.1. The molecule has 1 unspecified atom stereocenters. The van der Waals surface area contributed by atoms with Crippen LogP contribution in [0.3, 0.4) is 0 Å². The fourth-order valence-corrected chi connectivity index (χ4v) is 14.2. The van der Waals surface area contributed by atoms with Gasteiger partial charge in [0.15, 0.2) is 19.8 Å². The normalized spacial score (nSPS) is 13.8. The molecule has 11 rings (SSSR count). The van der Waals surface area contributed by atoms with E-state index in [0.717, 1.165) is 66.7 Å². The number of pyridine rings is 1. The zero-order valence-corrected chi connectivity index (χ0v) is 32.1. The van der Waals surface area contributed by atoms with Crippen molar-refractivity contribution < 1.29 is 8.81 Å². The van der Waals surface area contributed by atoms with Crippen molar-refractivity contribution in [1.29, 1.82) is 0 Å². The number of nitrogens with zero attached hydrogens (tertiary/aromatic N) is 4. The van der Waals surface area contributed by atoms with Crippen LogP contribution < -0.4 is 25.6 Å². The summed E-state index contributed by atoms with van der Waals surface area (Å²) >= 11 is 0. The van der Waals surface area contributed by atoms with Crippen LogP contribution in [0.5, 0.6) is 0 Å². The highest BCUT2D eigenvalue weighted by Gasteiger charge is 2.50. The number of alkyl halides is 1. The number of fused-ring (bicyclic) bond motifs is 7. The number of hydrogen-bond donors (Lipinski definition) is 0. The first-order chi connectivity index (χ1) is 28.1. The smallest absolute Gasteiger partial charge is 0.184 e. The van der Waals surface area contributed by atoms with E-state index in [9.17, 15) is 0 Å². The number of imidazole rings is 1. The summed E-state index contributed by atoms with van der Waals surface area (Å²) in [7, 11) is -1.09. The van der Waals surface area contributed by atoms with E-state index < -0.39 is 14.2 Å². The van der Waals surface area contributed by atoms with Gasteiger partial charge in [0, 0.05) is 35.3 Å². The van der Waals surface area contributed by atoms with Gasteiger partial charge in [-0.1, -0.05) is 140 Å². The van der Waals surface area contributed by atoms with Crippen molar-refractivity contribution in [1.82, 2.24) is 14.5 Å². The summed E-state index contributed by atoms with van der Waals surface area (Å²) in [6.07, 6.45) is 0.401. The van der Waals surface area contributed by atoms with Gasteiger partial charge < -0.3 is 8.98 Å². The van der Waals surface area contributed by atoms with E-state index in [1.807, 2.05) is 98.2 Å². The van der Waals surface area contributed by atoms with E-state index in [1.165, 1.54) is 15.6 Å². The van der Waals surface area contributed by atoms with Crippen LogP contribution in [-0.2, 0) is 7.05 Å². The van der Waals surface area contributed by atoms with Gasteiger partial charge in [0.25, 0.3) is 0 Å². The minimum Gasteiger partial charge on any atom is -0.454 e. The van der Waals surface area contributed by atoms with Crippen molar-refractivity contribution >= 4 is 79.0 Å². The van der Waals surface area contributed by atoms with E-state index >= 15 is 4.39 Å². The Kier molecular flexibility index (Phi) is 7.59. The third-order valence-electron chi connectivity index (χ3n) is 11.6. The summed E-state index contributed by atoms with van der Waals surface area (Å²) in [6, 6.07) is 62.3. The van der Waals surface area contributed by atoms with Crippen LogP contribution in [-0.4, -0.2) is 22.6 Å². The molecule has 0 amide bonds. The summed E-state index contributed by atoms with van der Waals surface area (Å²) in [5.74, 6) is 1.53. The molecular weight excluding hydrogens is 720 g/mol. The van der Waals surface area contributed by atoms with Crippen LogP contribution >= 0.6 is 0 Å². The Hall–Kier alpha value is -7.09. The number of para-hydroxylation sites is 3. The van der Waals surface area contributed by atoms with E-state index in [2.05, 4.69) is 107 Å². The van der Waals surface area contributed by atoms with E-state index in [0.29, 0.717) is 11.1 Å². The molecule has 7 heteroatoms. The Morgan fingerprint density at radius 1 is 0.614 bits per heavy atom. The zero-order chi connectivity index (χ0) is 38.1. The first-order valence-electron chi connectivity index (χ1n) is 19.2. The van der Waals surface area contributed by atoms with Gasteiger partial charge in [-0.3, -0.25) is 4.90 Å². The summed E-state index contributed by atoms with van der Waals surface area (Å²) < 4.78 is 26.4. The average Bonchev–Trinajstić information content (AvgIpc) is 3.83. The lowest BCUT2D eigenvalue weighted by Gasteiger charge is -2.44. The highest BCUT2D eigenvalue weighted by Crippen LogP contribution is 2.45. The quantitative estimate of drug-likeness (QED) is 0.159. The third-order valence-corrected chi connectivity index (χ3v) is 16.5. The van der Waals surface area contributed by atoms with Gasteiger partial charge in [-0.05, 0) is 74.3 Å². The highest BCUT2D eigenvalue weighted by molar-refractivity contribution is 7.21. The van der Waals surface area contributed by atoms with Crippen molar-refractivity contribution in [3.05, 3.63) is 199 Å². The Morgan fingerprint density at radius 2 is 1.32 bits per heavy atom. The molecular formula is C50H35FN4OSi. The van der Waals surface area contributed by atoms with Crippen molar-refractivity contribution in [2.24, 2.45) is 7.05 Å². The van der Waals surface area contributed by atoms with Crippen LogP contribution in [0.25, 0.3) is 44.4 Å². The standard InChI is InChI=1S/C50H35FN4OSi/c1-54-41-23-10-9-22-40(41)53-50(54)35-16-14-15-33(31-35)47(51)34-26-28-44-42(32-34)55(46-25-12-13-30-52-46)48-45(29-27-39-38-21-8-11-24-43(38)56-49(39)48)57(44,36-17-4-2-5-18-36)37-19-6-3-7-20-37/h2-32,47H,1H3. The number of aryl methyl sites for hydroxylation is 1. The molecule has 0 radical (unpaired) electrons. The fourth-order valence-electron chi connectivity index (χ4n) is 9.09. The molecule has 1 aliphatic heterocycles. The molecule has 272 valence electrons. The molecule has 7 aromatic carbocycles. The molecule has 0 bridgehead atoms. The molecule has 0 saturated carbocycles. The minimum atomic E-state index is -3.09. The van der Waals surface area contributed by atoms with Crippen LogP contribution in [0.1, 0.15) is 17.3 Å². The molecule has 0 N–H and O–H groups in total. The first-order valence-corrected chi connectivity index (χ1v) is 21.2. The van der Waals surface area contributed by atoms with Gasteiger partial charge >= 0.3 is 0 Å². The maximum absolute atomic E-state index is 17.4. The Bertz CT molecular complexity index is 3090. The van der Waals surface area contributed by atoms with Gasteiger partial charge in [0.05, 0.1) is 16.7 Å². The van der Waals surface area contributed by atoms with Crippen molar-refractivity contribution in [3.8, 4) is 11.4 Å². The van der Waals surface area contributed by atoms with Crippen LogP contribution in [0.4, 0.5) is 21.6 Å². The van der Waals surface area contributed by atoms with Gasteiger partial charge in [-0.25, -0.2) is 14.4 Å². The number of halogens is 1. The predicted molar refractivity (Wildman–Crippen MR) is 232 cm³/mol. The highest BCUT2D eigenvalue weighted by atomic mass is 28.3. The molecule has 57 heavy (non-hydrogen) atoms. The average molecular weight is 755 g/mol. The fraction of sp³-hybridized carbons (Fsp3) is 0.0400. The van der Waals surface area contributed by atoms with Crippen LogP contribution in [0.15, 0.2) is 193 Å². The molecule has 10 aromatic rings. The summed E-state index contributed by atoms with van der Waals surface area (Å²) in [4.78, 5) is 12.1. The van der Waals surface area contributed by atoms with Gasteiger partial charge in [0.2, 0.25) is 0 Å². The molecule has 5 nitrogen and oxygen atoms in total. The maximum Gasteiger partial charge on any atom is 0.184 e. The van der Waals surface area contributed by atoms with Crippen LogP contribution in [0, 0.1) is 0 Å². The second kappa shape index (κ2) is 13.0. The first kappa shape index (κ1) is 33.3. The molecule has 1 atom stereocenters. The molecule has 3 aromatic heterocycles. The van der Waals surface area contributed by atoms with Crippen LogP contribution in [0.2, 0.25) is 0 Å². The number of anilines is 3. The second-order valence-corrected chi connectivity index (χ2v) is 18.4. The predicted octanol–water partition coefficient (Wildman–Crippen LogP) is 9.75. The number of rotatable bonds is 6. The SMILES string of the molecule is Cn1c(-c2cccc(C(F)c3ccc4c(c3)N(c3ccccn3)c3c(ccc5c3oc3ccccc35)[Si]4(c3ccccc3)c3ccccc3)c2)nc2ccccc21. The topological polar surface area (TPSA) is 47.1 Å². The summed E-state index contributed by atoms with van der Waals surface area (Å²) in [5, 5.41) is 6.87. The Balaban J connectivity index is 1.19. The number of furan rings is 1. The van der Waals surface area contributed by atoms with E-state index in [-0.39, 0.29) is 0 Å². The summed E-state index contributed by atoms with van der Waals surface area (Å²) in [5.41, 5.74) is 7.35. The lowest BCUT2D eigenvalue weighted by Crippen LogP contribution is -2.77. The molecule has 0 aliphatic carbocycles. The molecule has 0 fully saturated rings. The molecule has 0 spiro atoms. The number of benzene rings is 7. The largest absolute Gasteiger partial charge is 0.454 e. The van der Waals surface area contributed by atoms with Gasteiger partial charge in [-0.2, -0.15) is 0 Å². The van der Waals surface area contributed by atoms with E-state index in [1.54, 1.807) is 0 Å². The Morgan fingerprint density at radius 3 is 2.09 bits per heavy atom. The van der Waals surface area contributed by atoms with Crippen molar-refractivity contribution in [3.63, 3.8) is 0 Å². The third kappa shape index (κ3) is 4.99. The second-order valence-electron chi connectivity index (χ2n) is 14.7. The van der Waals surface area contributed by atoms with Gasteiger partial charge in [0.1, 0.15) is 17.2 Å². The molecule has 0 saturated heterocycles. The van der Waals surface area contributed by atoms with E-state index in [4.69, 9.17) is 14.4 Å². The maximum atomic E-state index is 17.4. The molecule has 1 aliphatic rings.